The zero-order valence-electron chi connectivity index (χ0n) is 22.7. The SMILES string of the molecule is Cc1cc([S+](c2ccccc2)c2ccccc2)cc(C)c1OCc1ccc(OCC(=O)OC(C)(C)C)cc1. The Hall–Kier alpha value is -3.70. The van der Waals surface area contributed by atoms with Crippen molar-refractivity contribution in [2.45, 2.75) is 61.5 Å². The first-order chi connectivity index (χ1) is 18.2. The van der Waals surface area contributed by atoms with Crippen LogP contribution in [0.2, 0.25) is 0 Å². The quantitative estimate of drug-likeness (QED) is 0.165. The molecule has 0 heterocycles. The van der Waals surface area contributed by atoms with Gasteiger partial charge in [0.15, 0.2) is 21.3 Å². The minimum Gasteiger partial charge on any atom is -0.488 e. The van der Waals surface area contributed by atoms with Crippen LogP contribution in [0.5, 0.6) is 11.5 Å². The molecule has 0 atom stereocenters. The highest BCUT2D eigenvalue weighted by atomic mass is 32.2. The highest BCUT2D eigenvalue weighted by molar-refractivity contribution is 7.97. The lowest BCUT2D eigenvalue weighted by Crippen LogP contribution is -2.27. The lowest BCUT2D eigenvalue weighted by atomic mass is 10.1. The van der Waals surface area contributed by atoms with E-state index in [4.69, 9.17) is 14.2 Å². The summed E-state index contributed by atoms with van der Waals surface area (Å²) in [6, 6.07) is 33.4. The third-order valence-electron chi connectivity index (χ3n) is 5.71. The van der Waals surface area contributed by atoms with Gasteiger partial charge >= 0.3 is 5.97 Å². The molecule has 0 radical (unpaired) electrons. The standard InChI is InChI=1S/C33H35O4S/c1-24-20-30(38(28-12-8-6-9-13-28)29-14-10-7-11-15-29)21-25(2)32(24)36-22-26-16-18-27(19-17-26)35-23-31(34)37-33(3,4)5/h6-21H,22-23H2,1-5H3/q+1. The van der Waals surface area contributed by atoms with Crippen LogP contribution in [-0.4, -0.2) is 18.2 Å². The fraction of sp³-hybridized carbons (Fsp3) is 0.242. The van der Waals surface area contributed by atoms with Crippen molar-refractivity contribution in [1.82, 2.24) is 0 Å². The van der Waals surface area contributed by atoms with E-state index in [-0.39, 0.29) is 23.5 Å². The number of hydrogen-bond donors (Lipinski definition) is 0. The van der Waals surface area contributed by atoms with Crippen LogP contribution in [0.15, 0.2) is 112 Å². The van der Waals surface area contributed by atoms with Gasteiger partial charge in [-0.15, -0.1) is 0 Å². The summed E-state index contributed by atoms with van der Waals surface area (Å²) in [5.41, 5.74) is 2.72. The summed E-state index contributed by atoms with van der Waals surface area (Å²) in [6.07, 6.45) is 0. The number of esters is 1. The maximum Gasteiger partial charge on any atom is 0.344 e. The minimum absolute atomic E-state index is 0.120. The summed E-state index contributed by atoms with van der Waals surface area (Å²) in [5.74, 6) is 1.13. The number of hydrogen-bond acceptors (Lipinski definition) is 4. The van der Waals surface area contributed by atoms with E-state index in [0.29, 0.717) is 12.4 Å². The molecule has 0 saturated carbocycles. The number of benzene rings is 4. The Morgan fingerprint density at radius 2 is 1.24 bits per heavy atom. The normalized spacial score (nSPS) is 11.3. The van der Waals surface area contributed by atoms with Gasteiger partial charge in [0.1, 0.15) is 23.7 Å². The van der Waals surface area contributed by atoms with E-state index < -0.39 is 5.60 Å². The molecule has 4 aromatic carbocycles. The monoisotopic (exact) mass is 527 g/mol. The Labute approximate surface area is 228 Å². The Balaban J connectivity index is 1.45. The molecule has 4 rings (SSSR count). The lowest BCUT2D eigenvalue weighted by Gasteiger charge is -2.19. The minimum atomic E-state index is -0.527. The molecule has 196 valence electrons. The van der Waals surface area contributed by atoms with Crippen LogP contribution in [0, 0.1) is 13.8 Å². The zero-order chi connectivity index (χ0) is 27.1. The van der Waals surface area contributed by atoms with E-state index in [2.05, 4.69) is 86.6 Å². The summed E-state index contributed by atoms with van der Waals surface area (Å²) in [6.45, 7) is 10.0. The molecule has 0 aliphatic heterocycles. The van der Waals surface area contributed by atoms with Gasteiger partial charge in [0, 0.05) is 12.1 Å². The van der Waals surface area contributed by atoms with Crippen molar-refractivity contribution < 1.29 is 19.0 Å². The molecular weight excluding hydrogens is 492 g/mol. The highest BCUT2D eigenvalue weighted by Gasteiger charge is 2.29. The van der Waals surface area contributed by atoms with E-state index in [9.17, 15) is 4.79 Å². The van der Waals surface area contributed by atoms with E-state index in [1.54, 1.807) is 0 Å². The number of carbonyl (C=O) groups excluding carboxylic acids is 1. The fourth-order valence-corrected chi connectivity index (χ4v) is 6.39. The largest absolute Gasteiger partial charge is 0.488 e. The average molecular weight is 528 g/mol. The smallest absolute Gasteiger partial charge is 0.344 e. The third kappa shape index (κ3) is 7.42. The third-order valence-corrected chi connectivity index (χ3v) is 7.90. The summed E-state index contributed by atoms with van der Waals surface area (Å²) in [4.78, 5) is 15.7. The predicted octanol–water partition coefficient (Wildman–Crippen LogP) is 7.70. The van der Waals surface area contributed by atoms with Crippen molar-refractivity contribution in [1.29, 1.82) is 0 Å². The van der Waals surface area contributed by atoms with Gasteiger partial charge in [-0.25, -0.2) is 4.79 Å². The van der Waals surface area contributed by atoms with E-state index in [0.717, 1.165) is 22.4 Å². The molecule has 4 nitrogen and oxygen atoms in total. The van der Waals surface area contributed by atoms with Gasteiger partial charge in [-0.05, 0) is 87.7 Å². The maximum absolute atomic E-state index is 11.9. The maximum atomic E-state index is 11.9. The summed E-state index contributed by atoms with van der Waals surface area (Å²) in [7, 11) is -0.200. The van der Waals surface area contributed by atoms with Crippen molar-refractivity contribution in [2.24, 2.45) is 0 Å². The molecule has 0 aliphatic carbocycles. The molecule has 38 heavy (non-hydrogen) atoms. The molecule has 0 unspecified atom stereocenters. The molecular formula is C33H35O4S+. The molecule has 0 spiro atoms. The van der Waals surface area contributed by atoms with Crippen molar-refractivity contribution in [2.75, 3.05) is 6.61 Å². The number of carbonyl (C=O) groups is 1. The molecule has 0 aromatic heterocycles. The van der Waals surface area contributed by atoms with Gasteiger partial charge in [-0.3, -0.25) is 0 Å². The van der Waals surface area contributed by atoms with Crippen LogP contribution in [0.1, 0.15) is 37.5 Å². The van der Waals surface area contributed by atoms with Gasteiger partial charge in [0.05, 0.1) is 10.9 Å². The van der Waals surface area contributed by atoms with Crippen LogP contribution in [0.3, 0.4) is 0 Å². The molecule has 0 aliphatic rings. The van der Waals surface area contributed by atoms with Gasteiger partial charge in [-0.2, -0.15) is 0 Å². The van der Waals surface area contributed by atoms with Gasteiger partial charge in [0.25, 0.3) is 0 Å². The second kappa shape index (κ2) is 12.2. The molecule has 5 heteroatoms. The summed E-state index contributed by atoms with van der Waals surface area (Å²) in [5, 5.41) is 0. The van der Waals surface area contributed by atoms with E-state index >= 15 is 0 Å². The van der Waals surface area contributed by atoms with Gasteiger partial charge in [-0.1, -0.05) is 48.5 Å². The molecule has 0 amide bonds. The van der Waals surface area contributed by atoms with Crippen molar-refractivity contribution in [3.63, 3.8) is 0 Å². The second-order valence-corrected chi connectivity index (χ2v) is 12.2. The molecule has 0 bridgehead atoms. The summed E-state index contributed by atoms with van der Waals surface area (Å²) >= 11 is 0. The lowest BCUT2D eigenvalue weighted by molar-refractivity contribution is -0.157. The molecule has 0 saturated heterocycles. The van der Waals surface area contributed by atoms with Crippen molar-refractivity contribution >= 4 is 16.9 Å². The van der Waals surface area contributed by atoms with E-state index in [1.807, 2.05) is 45.0 Å². The molecule has 0 N–H and O–H groups in total. The van der Waals surface area contributed by atoms with Crippen LogP contribution >= 0.6 is 0 Å². The van der Waals surface area contributed by atoms with Crippen LogP contribution in [-0.2, 0) is 27.0 Å². The Kier molecular flexibility index (Phi) is 8.80. The van der Waals surface area contributed by atoms with Gasteiger partial charge in [0.2, 0.25) is 0 Å². The Morgan fingerprint density at radius 3 is 1.74 bits per heavy atom. The molecule has 4 aromatic rings. The van der Waals surface area contributed by atoms with E-state index in [1.165, 1.54) is 14.7 Å². The fourth-order valence-electron chi connectivity index (χ4n) is 4.13. The molecule has 0 fully saturated rings. The van der Waals surface area contributed by atoms with Gasteiger partial charge < -0.3 is 14.2 Å². The van der Waals surface area contributed by atoms with Crippen LogP contribution in [0.25, 0.3) is 0 Å². The highest BCUT2D eigenvalue weighted by Crippen LogP contribution is 2.35. The first-order valence-corrected chi connectivity index (χ1v) is 13.9. The first-order valence-electron chi connectivity index (χ1n) is 12.7. The van der Waals surface area contributed by atoms with Crippen molar-refractivity contribution in [3.8, 4) is 11.5 Å². The topological polar surface area (TPSA) is 44.8 Å². The number of ether oxygens (including phenoxy) is 3. The van der Waals surface area contributed by atoms with Crippen LogP contribution in [0.4, 0.5) is 0 Å². The Morgan fingerprint density at radius 1 is 0.711 bits per heavy atom. The second-order valence-electron chi connectivity index (χ2n) is 10.1. The van der Waals surface area contributed by atoms with Crippen LogP contribution < -0.4 is 9.47 Å². The number of rotatable bonds is 9. The Bertz CT molecular complexity index is 1280. The number of aryl methyl sites for hydroxylation is 2. The van der Waals surface area contributed by atoms with Crippen molar-refractivity contribution in [3.05, 3.63) is 114 Å². The predicted molar refractivity (Wildman–Crippen MR) is 153 cm³/mol. The summed E-state index contributed by atoms with van der Waals surface area (Å²) < 4.78 is 17.1. The average Bonchev–Trinajstić information content (AvgIpc) is 2.88. The zero-order valence-corrected chi connectivity index (χ0v) is 23.5. The first kappa shape index (κ1) is 27.3.